The van der Waals surface area contributed by atoms with Crippen molar-refractivity contribution in [1.82, 2.24) is 35.0 Å². The average Bonchev–Trinajstić information content (AvgIpc) is 3.48. The standard InChI is InChI=1S/C27H22FN7/c1-35(2)15-16-7-18(11-29-10-16)19-8-22-26(33-34-27(22)31-12-19)24-9-21-23(13-30-14-25(21)32-24)17-3-5-20(28)6-4-17/h3-14,32H,15H2,1-2H3,(H,31,33,34). The first-order valence-corrected chi connectivity index (χ1v) is 11.2. The number of fused-ring (bicyclic) bond motifs is 2. The fraction of sp³-hybridized carbons (Fsp3) is 0.111. The summed E-state index contributed by atoms with van der Waals surface area (Å²) in [4.78, 5) is 18.9. The van der Waals surface area contributed by atoms with Gasteiger partial charge in [0.05, 0.1) is 23.1 Å². The molecule has 0 aliphatic carbocycles. The van der Waals surface area contributed by atoms with E-state index in [2.05, 4.69) is 53.2 Å². The highest BCUT2D eigenvalue weighted by molar-refractivity contribution is 6.00. The van der Waals surface area contributed by atoms with Crippen molar-refractivity contribution in [3.8, 4) is 33.6 Å². The number of hydrogen-bond donors (Lipinski definition) is 2. The van der Waals surface area contributed by atoms with Gasteiger partial charge < -0.3 is 9.88 Å². The molecular weight excluding hydrogens is 441 g/mol. The monoisotopic (exact) mass is 463 g/mol. The van der Waals surface area contributed by atoms with Crippen molar-refractivity contribution in [2.75, 3.05) is 14.1 Å². The van der Waals surface area contributed by atoms with Crippen LogP contribution >= 0.6 is 0 Å². The zero-order valence-corrected chi connectivity index (χ0v) is 19.2. The van der Waals surface area contributed by atoms with Crippen molar-refractivity contribution in [3.05, 3.63) is 84.8 Å². The van der Waals surface area contributed by atoms with E-state index in [1.165, 1.54) is 12.1 Å². The van der Waals surface area contributed by atoms with Crippen LogP contribution in [-0.2, 0) is 6.54 Å². The first-order chi connectivity index (χ1) is 17.0. The Morgan fingerprint density at radius 1 is 0.829 bits per heavy atom. The number of halogens is 1. The average molecular weight is 464 g/mol. The Morgan fingerprint density at radius 3 is 2.46 bits per heavy atom. The number of hydrogen-bond acceptors (Lipinski definition) is 5. The molecule has 0 spiro atoms. The molecule has 0 atom stereocenters. The molecule has 172 valence electrons. The molecule has 1 aromatic carbocycles. The van der Waals surface area contributed by atoms with Gasteiger partial charge in [-0.15, -0.1) is 0 Å². The molecule has 0 aliphatic heterocycles. The lowest BCUT2D eigenvalue weighted by atomic mass is 10.0. The van der Waals surface area contributed by atoms with Gasteiger partial charge in [-0.05, 0) is 55.6 Å². The Bertz CT molecular complexity index is 1670. The summed E-state index contributed by atoms with van der Waals surface area (Å²) in [5.41, 5.74) is 8.17. The van der Waals surface area contributed by atoms with Crippen molar-refractivity contribution in [1.29, 1.82) is 0 Å². The molecular formula is C27H22FN7. The lowest BCUT2D eigenvalue weighted by Crippen LogP contribution is -2.10. The third-order valence-electron chi connectivity index (χ3n) is 6.01. The van der Waals surface area contributed by atoms with Crippen LogP contribution in [0.1, 0.15) is 5.56 Å². The topological polar surface area (TPSA) is 86.4 Å². The van der Waals surface area contributed by atoms with Crippen LogP contribution < -0.4 is 0 Å². The number of rotatable bonds is 5. The molecule has 7 nitrogen and oxygen atoms in total. The Balaban J connectivity index is 1.44. The number of aromatic amines is 2. The van der Waals surface area contributed by atoms with Crippen molar-refractivity contribution < 1.29 is 4.39 Å². The maximum atomic E-state index is 13.4. The summed E-state index contributed by atoms with van der Waals surface area (Å²) in [6, 6.07) is 12.7. The van der Waals surface area contributed by atoms with Gasteiger partial charge in [0, 0.05) is 58.8 Å². The Morgan fingerprint density at radius 2 is 1.63 bits per heavy atom. The van der Waals surface area contributed by atoms with Crippen molar-refractivity contribution in [2.24, 2.45) is 0 Å². The maximum absolute atomic E-state index is 13.4. The highest BCUT2D eigenvalue weighted by atomic mass is 19.1. The molecule has 0 saturated heterocycles. The highest BCUT2D eigenvalue weighted by Crippen LogP contribution is 2.34. The number of benzene rings is 1. The molecule has 8 heteroatoms. The fourth-order valence-corrected chi connectivity index (χ4v) is 4.41. The van der Waals surface area contributed by atoms with E-state index in [4.69, 9.17) is 0 Å². The van der Waals surface area contributed by atoms with Crippen LogP contribution in [0, 0.1) is 5.82 Å². The van der Waals surface area contributed by atoms with E-state index in [0.717, 1.165) is 62.0 Å². The van der Waals surface area contributed by atoms with Gasteiger partial charge in [-0.25, -0.2) is 9.37 Å². The fourth-order valence-electron chi connectivity index (χ4n) is 4.41. The Kier molecular flexibility index (Phi) is 5.08. The number of pyridine rings is 3. The van der Waals surface area contributed by atoms with Gasteiger partial charge >= 0.3 is 0 Å². The Hall–Kier alpha value is -4.43. The lowest BCUT2D eigenvalue weighted by molar-refractivity contribution is 0.402. The SMILES string of the molecule is CN(C)Cc1cncc(-c2cnc3n[nH]c(-c4cc5c(-c6ccc(F)cc6)cncc5[nH]4)c3c2)c1. The first-order valence-electron chi connectivity index (χ1n) is 11.2. The number of aromatic nitrogens is 6. The number of H-pyrrole nitrogens is 2. The third-order valence-corrected chi connectivity index (χ3v) is 6.01. The van der Waals surface area contributed by atoms with Crippen LogP contribution in [0.4, 0.5) is 4.39 Å². The molecule has 0 saturated carbocycles. The third kappa shape index (κ3) is 3.94. The van der Waals surface area contributed by atoms with Crippen LogP contribution in [-0.4, -0.2) is 49.1 Å². The summed E-state index contributed by atoms with van der Waals surface area (Å²) in [6.45, 7) is 0.812. The second-order valence-electron chi connectivity index (χ2n) is 8.85. The minimum Gasteiger partial charge on any atom is -0.352 e. The molecule has 2 N–H and O–H groups in total. The smallest absolute Gasteiger partial charge is 0.181 e. The van der Waals surface area contributed by atoms with Crippen LogP contribution in [0.25, 0.3) is 55.6 Å². The van der Waals surface area contributed by atoms with Crippen LogP contribution in [0.5, 0.6) is 0 Å². The van der Waals surface area contributed by atoms with E-state index < -0.39 is 0 Å². The summed E-state index contributed by atoms with van der Waals surface area (Å²) in [7, 11) is 4.07. The van der Waals surface area contributed by atoms with E-state index in [9.17, 15) is 4.39 Å². The molecule has 0 amide bonds. The molecule has 0 bridgehead atoms. The molecule has 5 aromatic heterocycles. The summed E-state index contributed by atoms with van der Waals surface area (Å²) in [6.07, 6.45) is 9.15. The predicted octanol–water partition coefficient (Wildman–Crippen LogP) is 5.43. The van der Waals surface area contributed by atoms with Crippen molar-refractivity contribution >= 4 is 21.9 Å². The molecule has 0 unspecified atom stereocenters. The van der Waals surface area contributed by atoms with E-state index >= 15 is 0 Å². The number of nitrogens with zero attached hydrogens (tertiary/aromatic N) is 5. The van der Waals surface area contributed by atoms with Gasteiger partial charge in [0.2, 0.25) is 0 Å². The first kappa shape index (κ1) is 21.1. The van der Waals surface area contributed by atoms with E-state index in [-0.39, 0.29) is 5.82 Å². The van der Waals surface area contributed by atoms with E-state index in [0.29, 0.717) is 5.65 Å². The highest BCUT2D eigenvalue weighted by Gasteiger charge is 2.15. The Labute approximate surface area is 200 Å². The van der Waals surface area contributed by atoms with Crippen molar-refractivity contribution in [3.63, 3.8) is 0 Å². The normalized spacial score (nSPS) is 11.7. The molecule has 0 fully saturated rings. The zero-order valence-electron chi connectivity index (χ0n) is 19.2. The van der Waals surface area contributed by atoms with Gasteiger partial charge in [0.25, 0.3) is 0 Å². The molecule has 6 aromatic rings. The van der Waals surface area contributed by atoms with E-state index in [1.807, 2.05) is 32.7 Å². The minimum atomic E-state index is -0.265. The molecule has 0 radical (unpaired) electrons. The van der Waals surface area contributed by atoms with Gasteiger partial charge in [0.15, 0.2) is 5.65 Å². The van der Waals surface area contributed by atoms with Gasteiger partial charge in [-0.3, -0.25) is 15.1 Å². The molecule has 35 heavy (non-hydrogen) atoms. The van der Waals surface area contributed by atoms with Crippen LogP contribution in [0.15, 0.2) is 73.4 Å². The predicted molar refractivity (Wildman–Crippen MR) is 135 cm³/mol. The summed E-state index contributed by atoms with van der Waals surface area (Å²) < 4.78 is 13.4. The van der Waals surface area contributed by atoms with Crippen LogP contribution in [0.3, 0.4) is 0 Å². The molecule has 6 rings (SSSR count). The van der Waals surface area contributed by atoms with E-state index in [1.54, 1.807) is 24.5 Å². The van der Waals surface area contributed by atoms with Gasteiger partial charge in [-0.1, -0.05) is 12.1 Å². The van der Waals surface area contributed by atoms with Crippen molar-refractivity contribution in [2.45, 2.75) is 6.54 Å². The summed E-state index contributed by atoms with van der Waals surface area (Å²) in [5, 5.41) is 9.45. The zero-order chi connectivity index (χ0) is 23.9. The summed E-state index contributed by atoms with van der Waals surface area (Å²) >= 11 is 0. The minimum absolute atomic E-state index is 0.265. The second-order valence-corrected chi connectivity index (χ2v) is 8.85. The second kappa shape index (κ2) is 8.41. The maximum Gasteiger partial charge on any atom is 0.181 e. The molecule has 0 aliphatic rings. The lowest BCUT2D eigenvalue weighted by Gasteiger charge is -2.10. The number of nitrogens with one attached hydrogen (secondary N) is 2. The largest absolute Gasteiger partial charge is 0.352 e. The molecule has 5 heterocycles. The van der Waals surface area contributed by atoms with Crippen LogP contribution in [0.2, 0.25) is 0 Å². The van der Waals surface area contributed by atoms with Gasteiger partial charge in [0.1, 0.15) is 5.82 Å². The summed E-state index contributed by atoms with van der Waals surface area (Å²) in [5.74, 6) is -0.265. The van der Waals surface area contributed by atoms with Gasteiger partial charge in [-0.2, -0.15) is 5.10 Å². The quantitative estimate of drug-likeness (QED) is 0.356.